The number of benzene rings is 6. The van der Waals surface area contributed by atoms with Crippen LogP contribution in [0.25, 0.3) is 66.2 Å². The molecule has 3 aliphatic rings. The summed E-state index contributed by atoms with van der Waals surface area (Å²) >= 11 is 0. The quantitative estimate of drug-likeness (QED) is 0.165. The number of hydrogen-bond donors (Lipinski definition) is 0. The third kappa shape index (κ3) is 6.07. The molecule has 6 heteroatoms. The average Bonchev–Trinajstić information content (AvgIpc) is 3.91. The maximum absolute atomic E-state index is 5.86. The molecule has 0 saturated carbocycles. The summed E-state index contributed by atoms with van der Waals surface area (Å²) < 4.78 is 4.64. The zero-order valence-corrected chi connectivity index (χ0v) is 39.8. The van der Waals surface area contributed by atoms with E-state index in [0.29, 0.717) is 5.92 Å². The molecule has 4 heterocycles. The minimum atomic E-state index is -0.0709. The number of amidine groups is 1. The summed E-state index contributed by atoms with van der Waals surface area (Å²) in [4.78, 5) is 13.4. The summed E-state index contributed by atoms with van der Waals surface area (Å²) in [6.45, 7) is 17.9. The summed E-state index contributed by atoms with van der Waals surface area (Å²) in [7, 11) is 0. The third-order valence-electron chi connectivity index (χ3n) is 13.9. The fraction of sp³-hybridized carbons (Fsp3) is 0.207. The second kappa shape index (κ2) is 14.9. The molecule has 3 atom stereocenters. The van der Waals surface area contributed by atoms with Gasteiger partial charge in [-0.3, -0.25) is 0 Å². The molecule has 0 spiro atoms. The molecule has 0 radical (unpaired) electrons. The zero-order chi connectivity index (χ0) is 43.0. The van der Waals surface area contributed by atoms with Crippen molar-refractivity contribution in [2.45, 2.75) is 73.9 Å². The largest absolute Gasteiger partial charge is 2.00 e. The topological polar surface area (TPSA) is 38.4 Å². The van der Waals surface area contributed by atoms with E-state index in [4.69, 9.17) is 9.98 Å². The van der Waals surface area contributed by atoms with Gasteiger partial charge in [-0.2, -0.15) is 6.07 Å². The summed E-state index contributed by atoms with van der Waals surface area (Å²) in [5, 5.41) is 4.69. The van der Waals surface area contributed by atoms with Crippen molar-refractivity contribution in [2.24, 2.45) is 10.9 Å². The number of rotatable bonds is 4. The van der Waals surface area contributed by atoms with Crippen LogP contribution in [0.5, 0.6) is 0 Å². The summed E-state index contributed by atoms with van der Waals surface area (Å²) in [6, 6.07) is 48.7. The summed E-state index contributed by atoms with van der Waals surface area (Å²) in [6.07, 6.45) is 5.30. The Morgan fingerprint density at radius 2 is 1.25 bits per heavy atom. The van der Waals surface area contributed by atoms with E-state index in [0.717, 1.165) is 67.7 Å². The van der Waals surface area contributed by atoms with Crippen LogP contribution in [0.4, 0.5) is 0 Å². The molecule has 0 bridgehead atoms. The molecular formula is C58H49N5Pt. The van der Waals surface area contributed by atoms with Gasteiger partial charge in [0.1, 0.15) is 5.65 Å². The first kappa shape index (κ1) is 40.5. The van der Waals surface area contributed by atoms with Crippen molar-refractivity contribution in [3.63, 3.8) is 0 Å². The molecule has 6 aromatic carbocycles. The molecule has 9 aromatic rings. The standard InChI is InChI=1S/C58H49N5.Pt/c1-32-11-16-44-47(26-32)48-27-33(2)12-17-45(48)56-54(44)60-57(63(56)55-38(7)22-36(5)23-39(55)8)40-24-37(6)25-42(30-40)61-51-19-13-34(3)28-49(51)43-18-15-41(31-53(43)61)62-52-20-14-35(4)29-50(52)46-10-9-21-59-58(46)62;/h9-22,24-29,39,54,56H,23H2,1-8H3;/q-2;+2/t39-,54+,56-;/m0./s1. The third-order valence-corrected chi connectivity index (χ3v) is 13.9. The van der Waals surface area contributed by atoms with Crippen LogP contribution in [0.2, 0.25) is 0 Å². The van der Waals surface area contributed by atoms with Crippen molar-refractivity contribution in [1.29, 1.82) is 0 Å². The smallest absolute Gasteiger partial charge is 0.360 e. The minimum Gasteiger partial charge on any atom is -0.360 e. The maximum atomic E-state index is 5.86. The van der Waals surface area contributed by atoms with Gasteiger partial charge in [-0.1, -0.05) is 114 Å². The van der Waals surface area contributed by atoms with Crippen LogP contribution in [-0.2, 0) is 21.1 Å². The molecule has 0 unspecified atom stereocenters. The monoisotopic (exact) mass is 1010 g/mol. The molecule has 0 saturated heterocycles. The van der Waals surface area contributed by atoms with Crippen LogP contribution < -0.4 is 0 Å². The van der Waals surface area contributed by atoms with Crippen LogP contribution in [0, 0.1) is 52.7 Å². The van der Waals surface area contributed by atoms with Gasteiger partial charge in [-0.05, 0) is 123 Å². The number of fused-ring (bicyclic) bond motifs is 12. The van der Waals surface area contributed by atoms with E-state index in [2.05, 4.69) is 191 Å². The van der Waals surface area contributed by atoms with Gasteiger partial charge >= 0.3 is 21.1 Å². The SMILES string of the molecule is CC1=CC(C)=C(N2C(c3[c-]c(-n4c5[c-]c(-n6c7ccc(C)cc7c7cccnc76)ccc5c5cc(C)ccc54)cc(C)c3)=N[C@@H]3c4ccc(C)cc4-c4cc(C)ccc4[C@@H]32)[C@@H](C)C1.[Pt+2]. The van der Waals surface area contributed by atoms with E-state index < -0.39 is 0 Å². The number of pyridine rings is 1. The second-order valence-corrected chi connectivity index (χ2v) is 18.7. The number of aliphatic imine (C=N–C) groups is 1. The van der Waals surface area contributed by atoms with Crippen LogP contribution >= 0.6 is 0 Å². The molecule has 2 aliphatic carbocycles. The van der Waals surface area contributed by atoms with Crippen molar-refractivity contribution >= 4 is 49.6 Å². The van der Waals surface area contributed by atoms with Crippen molar-refractivity contribution in [3.05, 3.63) is 195 Å². The second-order valence-electron chi connectivity index (χ2n) is 18.7. The predicted molar refractivity (Wildman–Crippen MR) is 260 cm³/mol. The Morgan fingerprint density at radius 1 is 0.594 bits per heavy atom. The number of allylic oxidation sites excluding steroid dienone is 4. The normalized spacial score (nSPS) is 18.1. The van der Waals surface area contributed by atoms with E-state index in [9.17, 15) is 0 Å². The fourth-order valence-electron chi connectivity index (χ4n) is 11.3. The van der Waals surface area contributed by atoms with E-state index >= 15 is 0 Å². The molecule has 5 nitrogen and oxygen atoms in total. The molecular weight excluding hydrogens is 962 g/mol. The molecule has 1 aliphatic heterocycles. The van der Waals surface area contributed by atoms with Crippen molar-refractivity contribution < 1.29 is 21.1 Å². The first-order valence-electron chi connectivity index (χ1n) is 22.3. The van der Waals surface area contributed by atoms with Gasteiger partial charge in [0.05, 0.1) is 23.4 Å². The Hall–Kier alpha value is -6.29. The molecule has 0 amide bonds. The molecule has 12 rings (SSSR count). The van der Waals surface area contributed by atoms with Gasteiger partial charge in [0, 0.05) is 28.2 Å². The number of hydrogen-bond acceptors (Lipinski definition) is 3. The van der Waals surface area contributed by atoms with E-state index in [1.54, 1.807) is 0 Å². The van der Waals surface area contributed by atoms with Crippen LogP contribution in [0.15, 0.2) is 143 Å². The van der Waals surface area contributed by atoms with Gasteiger partial charge in [-0.15, -0.1) is 46.8 Å². The van der Waals surface area contributed by atoms with E-state index in [-0.39, 0.29) is 33.1 Å². The number of aromatic nitrogens is 3. The Labute approximate surface area is 389 Å². The minimum absolute atomic E-state index is 0. The van der Waals surface area contributed by atoms with Crippen LogP contribution in [0.1, 0.15) is 83.8 Å². The number of aryl methyl sites for hydroxylation is 5. The first-order chi connectivity index (χ1) is 30.5. The Bertz CT molecular complexity index is 3560. The van der Waals surface area contributed by atoms with Crippen LogP contribution in [-0.4, -0.2) is 24.9 Å². The zero-order valence-electron chi connectivity index (χ0n) is 37.5. The Balaban J connectivity index is 0.00000456. The predicted octanol–water partition coefficient (Wildman–Crippen LogP) is 14.2. The molecule has 0 N–H and O–H groups in total. The molecule has 3 aromatic heterocycles. The van der Waals surface area contributed by atoms with Gasteiger partial charge in [-0.25, -0.2) is 4.98 Å². The summed E-state index contributed by atoms with van der Waals surface area (Å²) in [5.41, 5.74) is 22.6. The van der Waals surface area contributed by atoms with Crippen LogP contribution in [0.3, 0.4) is 0 Å². The summed E-state index contributed by atoms with van der Waals surface area (Å²) in [5.74, 6) is 1.31. The first-order valence-corrected chi connectivity index (χ1v) is 22.3. The van der Waals surface area contributed by atoms with Crippen molar-refractivity contribution in [1.82, 2.24) is 19.0 Å². The van der Waals surface area contributed by atoms with E-state index in [1.807, 2.05) is 12.3 Å². The molecule has 64 heavy (non-hydrogen) atoms. The fourth-order valence-corrected chi connectivity index (χ4v) is 11.3. The van der Waals surface area contributed by atoms with E-state index in [1.165, 1.54) is 72.1 Å². The molecule has 0 fully saturated rings. The van der Waals surface area contributed by atoms with Gasteiger partial charge in [0.2, 0.25) is 0 Å². The Morgan fingerprint density at radius 3 is 1.98 bits per heavy atom. The Kier molecular flexibility index (Phi) is 9.42. The number of nitrogens with zero attached hydrogens (tertiary/aromatic N) is 5. The van der Waals surface area contributed by atoms with Gasteiger partial charge in [0.15, 0.2) is 0 Å². The van der Waals surface area contributed by atoms with Gasteiger partial charge in [0.25, 0.3) is 0 Å². The molecule has 316 valence electrons. The van der Waals surface area contributed by atoms with Crippen molar-refractivity contribution in [2.75, 3.05) is 0 Å². The van der Waals surface area contributed by atoms with Gasteiger partial charge < -0.3 is 19.0 Å². The van der Waals surface area contributed by atoms with Crippen molar-refractivity contribution in [3.8, 4) is 22.5 Å². The maximum Gasteiger partial charge on any atom is 2.00 e. The average molecular weight is 1010 g/mol.